The lowest BCUT2D eigenvalue weighted by Gasteiger charge is -2.34. The van der Waals surface area contributed by atoms with Crippen LogP contribution in [0.2, 0.25) is 0 Å². The van der Waals surface area contributed by atoms with E-state index in [0.29, 0.717) is 24.4 Å². The minimum atomic E-state index is -0.723. The summed E-state index contributed by atoms with van der Waals surface area (Å²) in [5, 5.41) is 18.2. The number of carbonyl (C=O) groups is 2. The van der Waals surface area contributed by atoms with Gasteiger partial charge in [-0.3, -0.25) is 9.59 Å². The normalized spacial score (nSPS) is 22.5. The molecule has 2 atom stereocenters. The quantitative estimate of drug-likeness (QED) is 0.913. The van der Waals surface area contributed by atoms with Gasteiger partial charge in [0.05, 0.1) is 11.5 Å². The molecule has 2 fully saturated rings. The average molecular weight is 328 g/mol. The first-order valence-electron chi connectivity index (χ1n) is 8.14. The topological polar surface area (TPSA) is 90.6 Å². The van der Waals surface area contributed by atoms with Crippen molar-refractivity contribution in [3.63, 3.8) is 0 Å². The number of aliphatic carboxylic acids is 1. The zero-order valence-corrected chi connectivity index (χ0v) is 13.6. The maximum absolute atomic E-state index is 12.6. The van der Waals surface area contributed by atoms with E-state index in [4.69, 9.17) is 15.1 Å². The van der Waals surface area contributed by atoms with Gasteiger partial charge in [0.1, 0.15) is 11.8 Å². The van der Waals surface area contributed by atoms with Gasteiger partial charge in [0.2, 0.25) is 0 Å². The third kappa shape index (κ3) is 2.94. The van der Waals surface area contributed by atoms with E-state index < -0.39 is 12.1 Å². The van der Waals surface area contributed by atoms with Crippen molar-refractivity contribution in [2.45, 2.75) is 32.3 Å². The van der Waals surface area contributed by atoms with Gasteiger partial charge in [-0.05, 0) is 43.7 Å². The van der Waals surface area contributed by atoms with E-state index in [1.807, 2.05) is 6.07 Å². The number of benzene rings is 1. The summed E-state index contributed by atoms with van der Waals surface area (Å²) in [5.74, 6) is -0.682. The molecule has 24 heavy (non-hydrogen) atoms. The molecule has 1 saturated heterocycles. The highest BCUT2D eigenvalue weighted by atomic mass is 16.5. The van der Waals surface area contributed by atoms with Gasteiger partial charge in [0, 0.05) is 13.1 Å². The largest absolute Gasteiger partial charge is 0.481 e. The van der Waals surface area contributed by atoms with Crippen molar-refractivity contribution in [3.05, 3.63) is 29.8 Å². The second-order valence-corrected chi connectivity index (χ2v) is 6.65. The number of para-hydroxylation sites is 1. The number of piperidine rings is 1. The molecule has 1 aliphatic heterocycles. The van der Waals surface area contributed by atoms with E-state index in [1.165, 1.54) is 0 Å². The van der Waals surface area contributed by atoms with Crippen LogP contribution in [0.4, 0.5) is 0 Å². The minimum Gasteiger partial charge on any atom is -0.481 e. The number of nitriles is 1. The van der Waals surface area contributed by atoms with E-state index in [9.17, 15) is 9.59 Å². The van der Waals surface area contributed by atoms with Gasteiger partial charge in [-0.2, -0.15) is 5.26 Å². The summed E-state index contributed by atoms with van der Waals surface area (Å²) in [6, 6.07) is 8.88. The molecule has 1 heterocycles. The van der Waals surface area contributed by atoms with Crippen LogP contribution in [-0.2, 0) is 9.59 Å². The van der Waals surface area contributed by atoms with Gasteiger partial charge < -0.3 is 14.7 Å². The van der Waals surface area contributed by atoms with E-state index in [-0.39, 0.29) is 17.2 Å². The van der Waals surface area contributed by atoms with Crippen molar-refractivity contribution in [1.29, 1.82) is 5.26 Å². The molecule has 0 aromatic heterocycles. The molecule has 126 valence electrons. The summed E-state index contributed by atoms with van der Waals surface area (Å²) in [6.45, 7) is 2.81. The minimum absolute atomic E-state index is 0.0971. The van der Waals surface area contributed by atoms with Crippen molar-refractivity contribution in [1.82, 2.24) is 4.90 Å². The van der Waals surface area contributed by atoms with Crippen molar-refractivity contribution in [3.8, 4) is 11.8 Å². The maximum atomic E-state index is 12.6. The van der Waals surface area contributed by atoms with E-state index in [0.717, 1.165) is 19.3 Å². The Morgan fingerprint density at radius 2 is 2.04 bits per heavy atom. The number of amides is 1. The van der Waals surface area contributed by atoms with Crippen LogP contribution in [0.15, 0.2) is 24.3 Å². The molecule has 0 radical (unpaired) electrons. The molecule has 1 aromatic carbocycles. The molecular weight excluding hydrogens is 308 g/mol. The van der Waals surface area contributed by atoms with Crippen LogP contribution in [0.5, 0.6) is 5.75 Å². The molecule has 1 N–H and O–H groups in total. The zero-order chi connectivity index (χ0) is 17.3. The van der Waals surface area contributed by atoms with E-state index >= 15 is 0 Å². The number of likely N-dealkylation sites (tertiary alicyclic amines) is 1. The monoisotopic (exact) mass is 328 g/mol. The molecule has 6 heteroatoms. The highest BCUT2D eigenvalue weighted by molar-refractivity contribution is 5.81. The number of nitrogens with zero attached hydrogens (tertiary/aromatic N) is 2. The Hall–Kier alpha value is -2.55. The predicted molar refractivity (Wildman–Crippen MR) is 85.2 cm³/mol. The zero-order valence-electron chi connectivity index (χ0n) is 13.6. The number of ether oxygens (including phenoxy) is 1. The lowest BCUT2D eigenvalue weighted by molar-refractivity contribution is -0.141. The molecule has 1 saturated carbocycles. The molecule has 0 bridgehead atoms. The third-order valence-electron chi connectivity index (χ3n) is 5.22. The average Bonchev–Trinajstić information content (AvgIpc) is 3.29. The first-order chi connectivity index (χ1) is 11.5. The lowest BCUT2D eigenvalue weighted by Crippen LogP contribution is -2.45. The molecule has 6 nitrogen and oxygen atoms in total. The third-order valence-corrected chi connectivity index (χ3v) is 5.22. The van der Waals surface area contributed by atoms with Gasteiger partial charge in [0.25, 0.3) is 5.91 Å². The Balaban J connectivity index is 1.58. The Bertz CT molecular complexity index is 701. The van der Waals surface area contributed by atoms with Gasteiger partial charge in [0.15, 0.2) is 6.10 Å². The second-order valence-electron chi connectivity index (χ2n) is 6.65. The Kier molecular flexibility index (Phi) is 4.18. The summed E-state index contributed by atoms with van der Waals surface area (Å²) in [7, 11) is 0. The van der Waals surface area contributed by atoms with Gasteiger partial charge >= 0.3 is 5.97 Å². The highest BCUT2D eigenvalue weighted by Crippen LogP contribution is 2.59. The summed E-state index contributed by atoms with van der Waals surface area (Å²) in [4.78, 5) is 25.4. The summed E-state index contributed by atoms with van der Waals surface area (Å²) < 4.78 is 5.67. The number of hydrogen-bond acceptors (Lipinski definition) is 4. The molecule has 3 rings (SSSR count). The summed E-state index contributed by atoms with van der Waals surface area (Å²) >= 11 is 0. The van der Waals surface area contributed by atoms with Crippen molar-refractivity contribution in [2.75, 3.05) is 13.1 Å². The van der Waals surface area contributed by atoms with Crippen LogP contribution < -0.4 is 4.74 Å². The number of carbonyl (C=O) groups excluding carboxylic acids is 1. The van der Waals surface area contributed by atoms with Gasteiger partial charge in [-0.15, -0.1) is 0 Å². The number of rotatable bonds is 4. The Labute approximate surface area is 140 Å². The molecule has 2 aliphatic rings. The van der Waals surface area contributed by atoms with Gasteiger partial charge in [-0.1, -0.05) is 12.1 Å². The van der Waals surface area contributed by atoms with Crippen LogP contribution in [0.1, 0.15) is 31.7 Å². The SMILES string of the molecule is CC(Oc1ccccc1C#N)C(=O)N1CCC2(CC1)CC2C(=O)O. The second kappa shape index (κ2) is 6.16. The van der Waals surface area contributed by atoms with Crippen LogP contribution in [0.3, 0.4) is 0 Å². The van der Waals surface area contributed by atoms with Crippen LogP contribution in [0.25, 0.3) is 0 Å². The fourth-order valence-corrected chi connectivity index (χ4v) is 3.58. The molecular formula is C18H20N2O4. The van der Waals surface area contributed by atoms with Crippen LogP contribution in [-0.4, -0.2) is 41.1 Å². The van der Waals surface area contributed by atoms with Crippen molar-refractivity contribution < 1.29 is 19.4 Å². The fraction of sp³-hybridized carbons (Fsp3) is 0.500. The number of carboxylic acids is 1. The van der Waals surface area contributed by atoms with E-state index in [2.05, 4.69) is 0 Å². The molecule has 1 aliphatic carbocycles. The Morgan fingerprint density at radius 1 is 1.38 bits per heavy atom. The predicted octanol–water partition coefficient (Wildman–Crippen LogP) is 2.04. The standard InChI is InChI=1S/C18H20N2O4/c1-12(24-15-5-3-2-4-13(15)11-19)16(21)20-8-6-18(7-9-20)10-14(18)17(22)23/h2-5,12,14H,6-10H2,1H3,(H,22,23). The lowest BCUT2D eigenvalue weighted by atomic mass is 9.90. The fourth-order valence-electron chi connectivity index (χ4n) is 3.58. The smallest absolute Gasteiger partial charge is 0.307 e. The summed E-state index contributed by atoms with van der Waals surface area (Å²) in [6.07, 6.45) is 1.52. The molecule has 1 spiro atoms. The summed E-state index contributed by atoms with van der Waals surface area (Å²) in [5.41, 5.74) is 0.303. The van der Waals surface area contributed by atoms with Crippen molar-refractivity contribution >= 4 is 11.9 Å². The molecule has 1 amide bonds. The number of carboxylic acid groups (broad SMARTS) is 1. The van der Waals surface area contributed by atoms with E-state index in [1.54, 1.807) is 36.1 Å². The van der Waals surface area contributed by atoms with Crippen LogP contribution in [0, 0.1) is 22.7 Å². The van der Waals surface area contributed by atoms with Crippen LogP contribution >= 0.6 is 0 Å². The van der Waals surface area contributed by atoms with Crippen molar-refractivity contribution in [2.24, 2.45) is 11.3 Å². The molecule has 1 aromatic rings. The molecule has 2 unspecified atom stereocenters. The number of hydrogen-bond donors (Lipinski definition) is 1. The Morgan fingerprint density at radius 3 is 2.62 bits per heavy atom. The van der Waals surface area contributed by atoms with Gasteiger partial charge in [-0.25, -0.2) is 0 Å². The first kappa shape index (κ1) is 16.3. The maximum Gasteiger partial charge on any atom is 0.307 e. The first-order valence-corrected chi connectivity index (χ1v) is 8.14. The highest BCUT2D eigenvalue weighted by Gasteiger charge is 2.59.